The molecule has 25 heavy (non-hydrogen) atoms. The third kappa shape index (κ3) is 4.97. The van der Waals surface area contributed by atoms with Crippen LogP contribution in [0.3, 0.4) is 0 Å². The van der Waals surface area contributed by atoms with Gasteiger partial charge in [0, 0.05) is 19.1 Å². The highest BCUT2D eigenvalue weighted by Gasteiger charge is 2.14. The standard InChI is InChI=1S/C21H28ClN3/c1-15(2)24-13-16-3-5-17(6-4-16)14-25-21-19-10-12-23-11-9-18(19)7-8-20(21)22/h3-8,15,23-25H,9-14H2,1-2H3. The Kier molecular flexibility index (Phi) is 6.35. The molecule has 0 amide bonds. The van der Waals surface area contributed by atoms with Crippen LogP contribution in [0.2, 0.25) is 5.02 Å². The number of benzene rings is 2. The van der Waals surface area contributed by atoms with E-state index in [4.69, 9.17) is 11.6 Å². The fraction of sp³-hybridized carbons (Fsp3) is 0.429. The molecule has 0 saturated heterocycles. The number of anilines is 1. The van der Waals surface area contributed by atoms with Gasteiger partial charge in [-0.15, -0.1) is 0 Å². The predicted molar refractivity (Wildman–Crippen MR) is 107 cm³/mol. The minimum absolute atomic E-state index is 0.506. The average molecular weight is 358 g/mol. The summed E-state index contributed by atoms with van der Waals surface area (Å²) in [5, 5.41) is 11.3. The third-order valence-corrected chi connectivity index (χ3v) is 5.00. The second kappa shape index (κ2) is 8.70. The van der Waals surface area contributed by atoms with Crippen LogP contribution in [0, 0.1) is 0 Å². The zero-order valence-corrected chi connectivity index (χ0v) is 15.9. The van der Waals surface area contributed by atoms with Gasteiger partial charge in [0.1, 0.15) is 0 Å². The van der Waals surface area contributed by atoms with Gasteiger partial charge in [0.15, 0.2) is 0 Å². The monoisotopic (exact) mass is 357 g/mol. The van der Waals surface area contributed by atoms with E-state index in [-0.39, 0.29) is 0 Å². The maximum atomic E-state index is 6.49. The summed E-state index contributed by atoms with van der Waals surface area (Å²) in [6, 6.07) is 13.5. The minimum Gasteiger partial charge on any atom is -0.380 e. The number of nitrogens with one attached hydrogen (secondary N) is 3. The van der Waals surface area contributed by atoms with Crippen molar-refractivity contribution in [2.75, 3.05) is 18.4 Å². The molecule has 3 N–H and O–H groups in total. The Labute approximate surface area is 156 Å². The fourth-order valence-electron chi connectivity index (χ4n) is 3.22. The first-order valence-corrected chi connectivity index (χ1v) is 9.57. The normalized spacial score (nSPS) is 14.2. The summed E-state index contributed by atoms with van der Waals surface area (Å²) in [5.74, 6) is 0. The maximum absolute atomic E-state index is 6.49. The van der Waals surface area contributed by atoms with Gasteiger partial charge >= 0.3 is 0 Å². The maximum Gasteiger partial charge on any atom is 0.0640 e. The summed E-state index contributed by atoms with van der Waals surface area (Å²) in [4.78, 5) is 0. The molecule has 1 heterocycles. The van der Waals surface area contributed by atoms with E-state index >= 15 is 0 Å². The molecule has 134 valence electrons. The number of hydrogen-bond acceptors (Lipinski definition) is 3. The van der Waals surface area contributed by atoms with E-state index in [0.717, 1.165) is 49.7 Å². The lowest BCUT2D eigenvalue weighted by atomic mass is 10.0. The predicted octanol–water partition coefficient (Wildman–Crippen LogP) is 4.14. The van der Waals surface area contributed by atoms with Crippen LogP contribution in [0.25, 0.3) is 0 Å². The lowest BCUT2D eigenvalue weighted by Gasteiger charge is -2.16. The molecule has 0 bridgehead atoms. The van der Waals surface area contributed by atoms with Crippen molar-refractivity contribution < 1.29 is 0 Å². The largest absolute Gasteiger partial charge is 0.380 e. The number of halogens is 1. The topological polar surface area (TPSA) is 36.1 Å². The van der Waals surface area contributed by atoms with Crippen molar-refractivity contribution in [2.45, 2.75) is 45.8 Å². The Morgan fingerprint density at radius 1 is 0.960 bits per heavy atom. The zero-order chi connectivity index (χ0) is 17.6. The highest BCUT2D eigenvalue weighted by atomic mass is 35.5. The Bertz CT molecular complexity index is 695. The zero-order valence-electron chi connectivity index (χ0n) is 15.2. The number of rotatable bonds is 6. The van der Waals surface area contributed by atoms with Crippen LogP contribution in [0.1, 0.15) is 36.1 Å². The van der Waals surface area contributed by atoms with E-state index < -0.39 is 0 Å². The molecule has 0 saturated carbocycles. The van der Waals surface area contributed by atoms with Crippen LogP contribution in [0.4, 0.5) is 5.69 Å². The van der Waals surface area contributed by atoms with Crippen LogP contribution in [-0.2, 0) is 25.9 Å². The van der Waals surface area contributed by atoms with Gasteiger partial charge in [0.2, 0.25) is 0 Å². The minimum atomic E-state index is 0.506. The van der Waals surface area contributed by atoms with Gasteiger partial charge in [-0.3, -0.25) is 0 Å². The van der Waals surface area contributed by atoms with Crippen molar-refractivity contribution >= 4 is 17.3 Å². The second-order valence-corrected chi connectivity index (χ2v) is 7.42. The highest BCUT2D eigenvalue weighted by molar-refractivity contribution is 6.33. The Balaban J connectivity index is 1.67. The molecule has 2 aromatic carbocycles. The Morgan fingerprint density at radius 3 is 2.36 bits per heavy atom. The molecule has 3 nitrogen and oxygen atoms in total. The summed E-state index contributed by atoms with van der Waals surface area (Å²) < 4.78 is 0. The van der Waals surface area contributed by atoms with E-state index in [9.17, 15) is 0 Å². The fourth-order valence-corrected chi connectivity index (χ4v) is 3.47. The molecular weight excluding hydrogens is 330 g/mol. The van der Waals surface area contributed by atoms with Gasteiger partial charge < -0.3 is 16.0 Å². The summed E-state index contributed by atoms with van der Waals surface area (Å²) in [6.45, 7) is 8.10. The lowest BCUT2D eigenvalue weighted by molar-refractivity contribution is 0.589. The van der Waals surface area contributed by atoms with E-state index in [2.05, 4.69) is 60.1 Å². The summed E-state index contributed by atoms with van der Waals surface area (Å²) in [5.41, 5.74) is 6.47. The molecular formula is C21H28ClN3. The quantitative estimate of drug-likeness (QED) is 0.727. The van der Waals surface area contributed by atoms with Gasteiger partial charge in [0.05, 0.1) is 10.7 Å². The van der Waals surface area contributed by atoms with E-state index in [0.29, 0.717) is 6.04 Å². The van der Waals surface area contributed by atoms with Crippen molar-refractivity contribution in [2.24, 2.45) is 0 Å². The van der Waals surface area contributed by atoms with Gasteiger partial charge in [0.25, 0.3) is 0 Å². The van der Waals surface area contributed by atoms with E-state index in [1.54, 1.807) is 0 Å². The van der Waals surface area contributed by atoms with Crippen molar-refractivity contribution in [3.8, 4) is 0 Å². The first kappa shape index (κ1) is 18.2. The van der Waals surface area contributed by atoms with Crippen molar-refractivity contribution in [1.82, 2.24) is 10.6 Å². The Morgan fingerprint density at radius 2 is 1.64 bits per heavy atom. The van der Waals surface area contributed by atoms with E-state index in [1.165, 1.54) is 22.3 Å². The number of fused-ring (bicyclic) bond motifs is 1. The molecule has 0 unspecified atom stereocenters. The molecule has 0 spiro atoms. The smallest absolute Gasteiger partial charge is 0.0640 e. The summed E-state index contributed by atoms with van der Waals surface area (Å²) >= 11 is 6.49. The molecule has 1 aliphatic heterocycles. The molecule has 0 radical (unpaired) electrons. The van der Waals surface area contributed by atoms with Crippen LogP contribution >= 0.6 is 11.6 Å². The summed E-state index contributed by atoms with van der Waals surface area (Å²) in [6.07, 6.45) is 2.09. The number of hydrogen-bond donors (Lipinski definition) is 3. The van der Waals surface area contributed by atoms with Crippen LogP contribution in [0.15, 0.2) is 36.4 Å². The average Bonchev–Trinajstić information content (AvgIpc) is 2.85. The van der Waals surface area contributed by atoms with Crippen molar-refractivity contribution in [3.63, 3.8) is 0 Å². The molecule has 2 aromatic rings. The highest BCUT2D eigenvalue weighted by Crippen LogP contribution is 2.31. The molecule has 4 heteroatoms. The first-order chi connectivity index (χ1) is 12.1. The van der Waals surface area contributed by atoms with Crippen LogP contribution < -0.4 is 16.0 Å². The molecule has 0 atom stereocenters. The Hall–Kier alpha value is -1.55. The summed E-state index contributed by atoms with van der Waals surface area (Å²) in [7, 11) is 0. The molecule has 0 fully saturated rings. The van der Waals surface area contributed by atoms with Crippen LogP contribution in [-0.4, -0.2) is 19.1 Å². The van der Waals surface area contributed by atoms with Gasteiger partial charge in [-0.1, -0.05) is 55.8 Å². The van der Waals surface area contributed by atoms with Crippen molar-refractivity contribution in [3.05, 3.63) is 63.7 Å². The molecule has 0 aromatic heterocycles. The molecule has 3 rings (SSSR count). The molecule has 1 aliphatic rings. The van der Waals surface area contributed by atoms with E-state index in [1.807, 2.05) is 6.07 Å². The lowest BCUT2D eigenvalue weighted by Crippen LogP contribution is -2.21. The first-order valence-electron chi connectivity index (χ1n) is 9.19. The van der Waals surface area contributed by atoms with Gasteiger partial charge in [-0.2, -0.15) is 0 Å². The van der Waals surface area contributed by atoms with Crippen molar-refractivity contribution in [1.29, 1.82) is 0 Å². The van der Waals surface area contributed by atoms with Gasteiger partial charge in [-0.05, 0) is 54.3 Å². The van der Waals surface area contributed by atoms with Gasteiger partial charge in [-0.25, -0.2) is 0 Å². The van der Waals surface area contributed by atoms with Crippen LogP contribution in [0.5, 0.6) is 0 Å². The molecule has 0 aliphatic carbocycles. The second-order valence-electron chi connectivity index (χ2n) is 7.02. The SMILES string of the molecule is CC(C)NCc1ccc(CNc2c(Cl)ccc3c2CCNCC3)cc1. The third-order valence-electron chi connectivity index (χ3n) is 4.69.